The Balaban J connectivity index is 1.30. The fourth-order valence-electron chi connectivity index (χ4n) is 4.44. The molecule has 16 nitrogen and oxygen atoms in total. The molecule has 16 heteroatoms. The van der Waals surface area contributed by atoms with Gasteiger partial charge in [0.15, 0.2) is 23.0 Å². The highest BCUT2D eigenvalue weighted by molar-refractivity contribution is 5.87. The predicted molar refractivity (Wildman–Crippen MR) is 144 cm³/mol. The monoisotopic (exact) mass is 626 g/mol. The van der Waals surface area contributed by atoms with E-state index in [-0.39, 0.29) is 18.1 Å². The molecule has 0 spiro atoms. The molecule has 2 fully saturated rings. The summed E-state index contributed by atoms with van der Waals surface area (Å²) in [6, 6.07) is 7.96. The van der Waals surface area contributed by atoms with Crippen molar-refractivity contribution in [3.8, 4) is 23.0 Å². The number of hydrogen-bond acceptors (Lipinski definition) is 16. The van der Waals surface area contributed by atoms with E-state index >= 15 is 0 Å². The minimum atomic E-state index is -1.67. The van der Waals surface area contributed by atoms with Crippen molar-refractivity contribution in [2.75, 3.05) is 13.2 Å². The zero-order valence-corrected chi connectivity index (χ0v) is 22.9. The predicted octanol–water partition coefficient (Wildman–Crippen LogP) is -2.79. The van der Waals surface area contributed by atoms with Crippen molar-refractivity contribution in [3.63, 3.8) is 0 Å². The molecule has 2 aliphatic rings. The van der Waals surface area contributed by atoms with Crippen LogP contribution in [-0.2, 0) is 25.6 Å². The second-order valence-electron chi connectivity index (χ2n) is 10.1. The lowest BCUT2D eigenvalue weighted by Crippen LogP contribution is -2.60. The molecule has 44 heavy (non-hydrogen) atoms. The van der Waals surface area contributed by atoms with E-state index in [9.17, 15) is 55.9 Å². The second-order valence-corrected chi connectivity index (χ2v) is 10.1. The number of carbonyl (C=O) groups is 1. The van der Waals surface area contributed by atoms with Crippen LogP contribution in [0.5, 0.6) is 23.0 Å². The van der Waals surface area contributed by atoms with Gasteiger partial charge in [-0.2, -0.15) is 0 Å². The molecule has 242 valence electrons. The Hall–Kier alpha value is -3.55. The van der Waals surface area contributed by atoms with Crippen molar-refractivity contribution in [1.29, 1.82) is 0 Å². The Labute approximate surface area is 249 Å². The average Bonchev–Trinajstić information content (AvgIpc) is 3.01. The summed E-state index contributed by atoms with van der Waals surface area (Å²) in [4.78, 5) is 12.2. The summed E-state index contributed by atoms with van der Waals surface area (Å²) in [6.07, 6.45) is -12.8. The number of hydrogen-bond donors (Lipinski definition) is 10. The number of benzene rings is 2. The first-order valence-corrected chi connectivity index (χ1v) is 13.4. The maximum absolute atomic E-state index is 12.2. The summed E-state index contributed by atoms with van der Waals surface area (Å²) >= 11 is 0. The second kappa shape index (κ2) is 14.5. The maximum Gasteiger partial charge on any atom is 0.331 e. The number of aliphatic hydroxyl groups is 8. The summed E-state index contributed by atoms with van der Waals surface area (Å²) in [6.45, 7) is -1.56. The molecule has 0 aromatic heterocycles. The minimum absolute atomic E-state index is 0.146. The van der Waals surface area contributed by atoms with Crippen molar-refractivity contribution in [2.24, 2.45) is 0 Å². The third-order valence-corrected chi connectivity index (χ3v) is 6.98. The van der Waals surface area contributed by atoms with Crippen molar-refractivity contribution in [3.05, 3.63) is 53.6 Å². The van der Waals surface area contributed by atoms with Gasteiger partial charge in [-0.25, -0.2) is 4.79 Å². The van der Waals surface area contributed by atoms with E-state index in [1.54, 1.807) is 0 Å². The van der Waals surface area contributed by atoms with Gasteiger partial charge in [-0.05, 0) is 41.5 Å². The van der Waals surface area contributed by atoms with Gasteiger partial charge in [-0.3, -0.25) is 0 Å². The summed E-state index contributed by atoms with van der Waals surface area (Å²) in [5.41, 5.74) is 0.714. The molecule has 0 aliphatic carbocycles. The topological polar surface area (TPSA) is 266 Å². The number of phenols is 2. The molecule has 4 rings (SSSR count). The lowest BCUT2D eigenvalue weighted by Gasteiger charge is -2.39. The number of aromatic hydroxyl groups is 2. The van der Waals surface area contributed by atoms with Gasteiger partial charge in [0.2, 0.25) is 12.6 Å². The first-order valence-electron chi connectivity index (χ1n) is 13.4. The van der Waals surface area contributed by atoms with E-state index in [1.165, 1.54) is 42.5 Å². The van der Waals surface area contributed by atoms with Crippen LogP contribution in [0.1, 0.15) is 11.1 Å². The van der Waals surface area contributed by atoms with Crippen LogP contribution < -0.4 is 9.47 Å². The molecule has 10 unspecified atom stereocenters. The standard InChI is InChI=1S/C28H34O16/c29-9-18-21(34)23(36)25(38)27(43-18)41-16-4-1-12(7-14(16)31)3-6-20(33)40-11-13-2-5-17(15(32)8-13)42-28-26(39)24(37)22(35)19(10-30)44-28/h1-8,18-19,21-32,34-39H,9-11H2. The summed E-state index contributed by atoms with van der Waals surface area (Å²) in [5, 5.41) is 98.9. The number of ether oxygens (including phenoxy) is 5. The number of rotatable bonds is 10. The fourth-order valence-corrected chi connectivity index (χ4v) is 4.44. The molecule has 2 saturated heterocycles. The van der Waals surface area contributed by atoms with Crippen molar-refractivity contribution < 1.29 is 79.5 Å². The minimum Gasteiger partial charge on any atom is -0.504 e. The molecule has 10 atom stereocenters. The van der Waals surface area contributed by atoms with E-state index in [4.69, 9.17) is 23.7 Å². The van der Waals surface area contributed by atoms with Crippen LogP contribution in [0, 0.1) is 0 Å². The first kappa shape index (κ1) is 33.3. The Morgan fingerprint density at radius 2 is 1.20 bits per heavy atom. The number of esters is 1. The van der Waals surface area contributed by atoms with Gasteiger partial charge in [0.1, 0.15) is 55.4 Å². The lowest BCUT2D eigenvalue weighted by molar-refractivity contribution is -0.277. The largest absolute Gasteiger partial charge is 0.504 e. The van der Waals surface area contributed by atoms with Gasteiger partial charge in [-0.15, -0.1) is 0 Å². The zero-order chi connectivity index (χ0) is 32.1. The Morgan fingerprint density at radius 1 is 0.705 bits per heavy atom. The SMILES string of the molecule is O=C(C=Cc1ccc(OC2OC(CO)C(O)C(O)C2O)c(O)c1)OCc1ccc(OC2OC(CO)C(O)C(O)C2O)c(O)c1. The van der Waals surface area contributed by atoms with E-state index in [0.717, 1.165) is 6.08 Å². The van der Waals surface area contributed by atoms with Crippen LogP contribution in [0.3, 0.4) is 0 Å². The van der Waals surface area contributed by atoms with Gasteiger partial charge < -0.3 is 74.7 Å². The van der Waals surface area contributed by atoms with Crippen LogP contribution in [-0.4, -0.2) is 132 Å². The molecular weight excluding hydrogens is 592 g/mol. The molecular formula is C28H34O16. The van der Waals surface area contributed by atoms with E-state index in [0.29, 0.717) is 11.1 Å². The number of aliphatic hydroxyl groups excluding tert-OH is 8. The van der Waals surface area contributed by atoms with Crippen LogP contribution in [0.25, 0.3) is 6.08 Å². The van der Waals surface area contributed by atoms with E-state index < -0.39 is 92.1 Å². The van der Waals surface area contributed by atoms with Crippen LogP contribution >= 0.6 is 0 Å². The molecule has 2 aromatic rings. The number of phenolic OH excluding ortho intramolecular Hbond substituents is 2. The van der Waals surface area contributed by atoms with E-state index in [2.05, 4.69) is 0 Å². The van der Waals surface area contributed by atoms with Crippen LogP contribution in [0.2, 0.25) is 0 Å². The van der Waals surface area contributed by atoms with Crippen molar-refractivity contribution in [2.45, 2.75) is 68.0 Å². The highest BCUT2D eigenvalue weighted by atomic mass is 16.7. The van der Waals surface area contributed by atoms with Crippen LogP contribution in [0.15, 0.2) is 42.5 Å². The van der Waals surface area contributed by atoms with Crippen molar-refractivity contribution in [1.82, 2.24) is 0 Å². The average molecular weight is 627 g/mol. The number of carbonyl (C=O) groups excluding carboxylic acids is 1. The summed E-state index contributed by atoms with van der Waals surface area (Å²) < 4.78 is 26.4. The molecule has 0 amide bonds. The van der Waals surface area contributed by atoms with E-state index in [1.807, 2.05) is 0 Å². The fraction of sp³-hybridized carbons (Fsp3) is 0.464. The third-order valence-electron chi connectivity index (χ3n) is 6.98. The quantitative estimate of drug-likeness (QED) is 0.0943. The Kier molecular flexibility index (Phi) is 11.0. The summed E-state index contributed by atoms with van der Waals surface area (Å²) in [5.74, 6) is -1.88. The van der Waals surface area contributed by atoms with Gasteiger partial charge in [0.05, 0.1) is 13.2 Å². The molecule has 0 saturated carbocycles. The highest BCUT2D eigenvalue weighted by Gasteiger charge is 2.46. The third kappa shape index (κ3) is 7.56. The van der Waals surface area contributed by atoms with Gasteiger partial charge in [0, 0.05) is 6.08 Å². The van der Waals surface area contributed by atoms with Crippen LogP contribution in [0.4, 0.5) is 0 Å². The smallest absolute Gasteiger partial charge is 0.331 e. The molecule has 10 N–H and O–H groups in total. The molecule has 2 aromatic carbocycles. The first-order chi connectivity index (χ1) is 20.9. The Bertz CT molecular complexity index is 1300. The van der Waals surface area contributed by atoms with Crippen molar-refractivity contribution >= 4 is 12.0 Å². The van der Waals surface area contributed by atoms with Gasteiger partial charge >= 0.3 is 5.97 Å². The molecule has 0 radical (unpaired) electrons. The maximum atomic E-state index is 12.2. The molecule has 2 heterocycles. The highest BCUT2D eigenvalue weighted by Crippen LogP contribution is 2.33. The normalized spacial score (nSPS) is 32.4. The Morgan fingerprint density at radius 3 is 1.68 bits per heavy atom. The van der Waals surface area contributed by atoms with Gasteiger partial charge in [-0.1, -0.05) is 12.1 Å². The molecule has 0 bridgehead atoms. The zero-order valence-electron chi connectivity index (χ0n) is 22.9. The van der Waals surface area contributed by atoms with Gasteiger partial charge in [0.25, 0.3) is 0 Å². The summed E-state index contributed by atoms with van der Waals surface area (Å²) in [7, 11) is 0. The molecule has 2 aliphatic heterocycles. The lowest BCUT2D eigenvalue weighted by atomic mass is 9.99.